The van der Waals surface area contributed by atoms with Crippen LogP contribution in [0.5, 0.6) is 0 Å². The molecule has 1 unspecified atom stereocenters. The van der Waals surface area contributed by atoms with Crippen molar-refractivity contribution in [1.29, 1.82) is 0 Å². The monoisotopic (exact) mass is 226 g/mol. The third-order valence-corrected chi connectivity index (χ3v) is 3.18. The molecule has 4 nitrogen and oxygen atoms in total. The van der Waals surface area contributed by atoms with Crippen molar-refractivity contribution in [2.24, 2.45) is 10.7 Å². The second kappa shape index (κ2) is 3.73. The SMILES string of the molecule is CN1CC(c2ccc3cnccc3c2)N=C1N. The molecule has 0 aliphatic carbocycles. The van der Waals surface area contributed by atoms with Gasteiger partial charge < -0.3 is 10.6 Å². The van der Waals surface area contributed by atoms with Gasteiger partial charge in [-0.25, -0.2) is 4.99 Å². The number of hydrogen-bond donors (Lipinski definition) is 1. The number of aromatic nitrogens is 1. The molecule has 0 saturated heterocycles. The molecule has 17 heavy (non-hydrogen) atoms. The van der Waals surface area contributed by atoms with Crippen molar-refractivity contribution in [3.05, 3.63) is 42.2 Å². The summed E-state index contributed by atoms with van der Waals surface area (Å²) >= 11 is 0. The Bertz CT molecular complexity index is 591. The summed E-state index contributed by atoms with van der Waals surface area (Å²) in [5, 5.41) is 2.35. The number of hydrogen-bond acceptors (Lipinski definition) is 4. The summed E-state index contributed by atoms with van der Waals surface area (Å²) in [4.78, 5) is 10.5. The molecule has 0 radical (unpaired) electrons. The number of aliphatic imine (C=N–C) groups is 1. The number of fused-ring (bicyclic) bond motifs is 1. The van der Waals surface area contributed by atoms with Gasteiger partial charge in [-0.2, -0.15) is 0 Å². The highest BCUT2D eigenvalue weighted by Crippen LogP contribution is 2.25. The zero-order valence-corrected chi connectivity index (χ0v) is 9.67. The lowest BCUT2D eigenvalue weighted by Gasteiger charge is -2.12. The minimum Gasteiger partial charge on any atom is -0.370 e. The van der Waals surface area contributed by atoms with E-state index in [9.17, 15) is 0 Å². The van der Waals surface area contributed by atoms with Gasteiger partial charge in [-0.1, -0.05) is 12.1 Å². The Kier molecular flexibility index (Phi) is 2.21. The molecule has 0 spiro atoms. The van der Waals surface area contributed by atoms with E-state index < -0.39 is 0 Å². The van der Waals surface area contributed by atoms with Gasteiger partial charge in [-0.3, -0.25) is 4.98 Å². The molecule has 0 saturated carbocycles. The van der Waals surface area contributed by atoms with Crippen molar-refractivity contribution in [1.82, 2.24) is 9.88 Å². The first-order chi connectivity index (χ1) is 8.24. The molecule has 2 aromatic rings. The molecule has 0 amide bonds. The van der Waals surface area contributed by atoms with Crippen LogP contribution >= 0.6 is 0 Å². The fourth-order valence-corrected chi connectivity index (χ4v) is 2.14. The summed E-state index contributed by atoms with van der Waals surface area (Å²) < 4.78 is 0. The molecule has 1 atom stereocenters. The van der Waals surface area contributed by atoms with Crippen LogP contribution in [0.1, 0.15) is 11.6 Å². The average molecular weight is 226 g/mol. The predicted molar refractivity (Wildman–Crippen MR) is 68.7 cm³/mol. The van der Waals surface area contributed by atoms with Crippen LogP contribution in [-0.4, -0.2) is 29.4 Å². The van der Waals surface area contributed by atoms with Crippen LogP contribution in [-0.2, 0) is 0 Å². The topological polar surface area (TPSA) is 54.5 Å². The third kappa shape index (κ3) is 1.71. The zero-order chi connectivity index (χ0) is 11.8. The standard InChI is InChI=1S/C13H14N4/c1-17-8-12(16-13(17)14)10-2-3-11-7-15-5-4-9(11)6-10/h2-7,12H,8H2,1H3,(H2,14,16). The van der Waals surface area contributed by atoms with Crippen molar-refractivity contribution < 1.29 is 0 Å². The quantitative estimate of drug-likeness (QED) is 0.802. The second-order valence-electron chi connectivity index (χ2n) is 4.37. The molecule has 1 aliphatic heterocycles. The van der Waals surface area contributed by atoms with Gasteiger partial charge in [0.1, 0.15) is 0 Å². The smallest absolute Gasteiger partial charge is 0.191 e. The van der Waals surface area contributed by atoms with Gasteiger partial charge in [0, 0.05) is 31.4 Å². The first-order valence-electron chi connectivity index (χ1n) is 5.62. The number of nitrogens with two attached hydrogens (primary N) is 1. The summed E-state index contributed by atoms with van der Waals surface area (Å²) in [6.07, 6.45) is 3.68. The van der Waals surface area contributed by atoms with Crippen molar-refractivity contribution in [2.75, 3.05) is 13.6 Å². The van der Waals surface area contributed by atoms with Gasteiger partial charge in [0.25, 0.3) is 0 Å². The van der Waals surface area contributed by atoms with Crippen LogP contribution in [0.2, 0.25) is 0 Å². The molecule has 1 aromatic heterocycles. The maximum absolute atomic E-state index is 5.78. The van der Waals surface area contributed by atoms with Gasteiger partial charge in [0.15, 0.2) is 5.96 Å². The molecule has 4 heteroatoms. The first-order valence-corrected chi connectivity index (χ1v) is 5.62. The molecular weight excluding hydrogens is 212 g/mol. The molecule has 2 N–H and O–H groups in total. The van der Waals surface area contributed by atoms with E-state index in [1.54, 1.807) is 0 Å². The highest BCUT2D eigenvalue weighted by Gasteiger charge is 2.21. The number of rotatable bonds is 1. The van der Waals surface area contributed by atoms with E-state index in [0.717, 1.165) is 11.9 Å². The largest absolute Gasteiger partial charge is 0.370 e. The van der Waals surface area contributed by atoms with E-state index in [1.807, 2.05) is 30.4 Å². The van der Waals surface area contributed by atoms with Crippen molar-refractivity contribution >= 4 is 16.7 Å². The van der Waals surface area contributed by atoms with Crippen LogP contribution in [0, 0.1) is 0 Å². The molecule has 0 bridgehead atoms. The van der Waals surface area contributed by atoms with Gasteiger partial charge in [0.05, 0.1) is 6.04 Å². The fourth-order valence-electron chi connectivity index (χ4n) is 2.14. The Morgan fingerprint density at radius 3 is 2.94 bits per heavy atom. The Balaban J connectivity index is 2.02. The van der Waals surface area contributed by atoms with Crippen molar-refractivity contribution in [2.45, 2.75) is 6.04 Å². The van der Waals surface area contributed by atoms with Crippen LogP contribution in [0.15, 0.2) is 41.7 Å². The minimum atomic E-state index is 0.151. The molecule has 0 fully saturated rings. The number of benzene rings is 1. The van der Waals surface area contributed by atoms with Gasteiger partial charge in [0.2, 0.25) is 0 Å². The van der Waals surface area contributed by atoms with E-state index in [0.29, 0.717) is 5.96 Å². The predicted octanol–water partition coefficient (Wildman–Crippen LogP) is 1.54. The first kappa shape index (κ1) is 10.1. The normalized spacial score (nSPS) is 19.7. The highest BCUT2D eigenvalue weighted by atomic mass is 15.3. The molecule has 1 aliphatic rings. The Morgan fingerprint density at radius 1 is 1.29 bits per heavy atom. The summed E-state index contributed by atoms with van der Waals surface area (Å²) in [6, 6.07) is 8.52. The lowest BCUT2D eigenvalue weighted by atomic mass is 10.0. The lowest BCUT2D eigenvalue weighted by molar-refractivity contribution is 0.504. The molecular formula is C13H14N4. The van der Waals surface area contributed by atoms with Crippen LogP contribution in [0.3, 0.4) is 0 Å². The van der Waals surface area contributed by atoms with Crippen LogP contribution < -0.4 is 5.73 Å². The molecule has 1 aromatic carbocycles. The Morgan fingerprint density at radius 2 is 2.18 bits per heavy atom. The lowest BCUT2D eigenvalue weighted by Crippen LogP contribution is -2.29. The average Bonchev–Trinajstić information content (AvgIpc) is 2.69. The Labute approximate surface area is 99.8 Å². The zero-order valence-electron chi connectivity index (χ0n) is 9.67. The van der Waals surface area contributed by atoms with Gasteiger partial charge in [-0.05, 0) is 23.1 Å². The fraction of sp³-hybridized carbons (Fsp3) is 0.231. The summed E-state index contributed by atoms with van der Waals surface area (Å²) in [5.41, 5.74) is 6.99. The summed E-state index contributed by atoms with van der Waals surface area (Å²) in [6.45, 7) is 0.850. The van der Waals surface area contributed by atoms with E-state index in [2.05, 4.69) is 28.2 Å². The summed E-state index contributed by atoms with van der Waals surface area (Å²) in [7, 11) is 1.96. The number of guanidine groups is 1. The third-order valence-electron chi connectivity index (χ3n) is 3.18. The Hall–Kier alpha value is -2.10. The molecule has 3 rings (SSSR count). The summed E-state index contributed by atoms with van der Waals surface area (Å²) in [5.74, 6) is 0.616. The number of nitrogens with zero attached hydrogens (tertiary/aromatic N) is 3. The van der Waals surface area contributed by atoms with Crippen LogP contribution in [0.25, 0.3) is 10.8 Å². The van der Waals surface area contributed by atoms with E-state index in [1.165, 1.54) is 10.9 Å². The number of likely N-dealkylation sites (N-methyl/N-ethyl adjacent to an activating group) is 1. The van der Waals surface area contributed by atoms with Crippen LogP contribution in [0.4, 0.5) is 0 Å². The van der Waals surface area contributed by atoms with Gasteiger partial charge in [-0.15, -0.1) is 0 Å². The van der Waals surface area contributed by atoms with E-state index in [-0.39, 0.29) is 6.04 Å². The van der Waals surface area contributed by atoms with Crippen molar-refractivity contribution in [3.63, 3.8) is 0 Å². The highest BCUT2D eigenvalue weighted by molar-refractivity contribution is 5.83. The van der Waals surface area contributed by atoms with E-state index >= 15 is 0 Å². The van der Waals surface area contributed by atoms with Gasteiger partial charge >= 0.3 is 0 Å². The molecule has 86 valence electrons. The minimum absolute atomic E-state index is 0.151. The molecule has 2 heterocycles. The number of pyridine rings is 1. The van der Waals surface area contributed by atoms with E-state index in [4.69, 9.17) is 5.73 Å². The van der Waals surface area contributed by atoms with Crippen molar-refractivity contribution in [3.8, 4) is 0 Å². The maximum atomic E-state index is 5.78. The second-order valence-corrected chi connectivity index (χ2v) is 4.37. The maximum Gasteiger partial charge on any atom is 0.191 e.